The van der Waals surface area contributed by atoms with Gasteiger partial charge in [-0.05, 0) is 70.2 Å². The molecule has 0 heterocycles. The molecule has 0 radical (unpaired) electrons. The third-order valence-electron chi connectivity index (χ3n) is 3.10. The Hall–Kier alpha value is -0.710. The lowest BCUT2D eigenvalue weighted by molar-refractivity contribution is 0.219. The van der Waals surface area contributed by atoms with Crippen molar-refractivity contribution in [2.45, 2.75) is 20.0 Å². The summed E-state index contributed by atoms with van der Waals surface area (Å²) in [6.45, 7) is 3.92. The molecular weight excluding hydrogens is 375 g/mol. The standard InChI is InChI=1S/C15H13Br2FO/c1-8-6-12(16)9(2)5-11(8)15(19)10-3-4-14(18)13(17)7-10/h3-7,15,19H,1-2H3. The van der Waals surface area contributed by atoms with Crippen molar-refractivity contribution in [3.05, 3.63) is 67.3 Å². The van der Waals surface area contributed by atoms with Crippen molar-refractivity contribution < 1.29 is 9.50 Å². The van der Waals surface area contributed by atoms with E-state index in [2.05, 4.69) is 31.9 Å². The molecule has 1 unspecified atom stereocenters. The fraction of sp³-hybridized carbons (Fsp3) is 0.200. The number of aryl methyl sites for hydroxylation is 2. The molecule has 0 saturated carbocycles. The van der Waals surface area contributed by atoms with E-state index < -0.39 is 6.10 Å². The highest BCUT2D eigenvalue weighted by molar-refractivity contribution is 9.10. The van der Waals surface area contributed by atoms with Crippen LogP contribution >= 0.6 is 31.9 Å². The fourth-order valence-electron chi connectivity index (χ4n) is 1.96. The lowest BCUT2D eigenvalue weighted by atomic mass is 9.96. The lowest BCUT2D eigenvalue weighted by Gasteiger charge is -2.16. The first-order chi connectivity index (χ1) is 8.90. The molecule has 1 atom stereocenters. The number of aliphatic hydroxyl groups is 1. The number of hydrogen-bond donors (Lipinski definition) is 1. The molecule has 0 bridgehead atoms. The van der Waals surface area contributed by atoms with Crippen LogP contribution in [0.1, 0.15) is 28.4 Å². The van der Waals surface area contributed by atoms with Gasteiger partial charge in [0.15, 0.2) is 0 Å². The van der Waals surface area contributed by atoms with Crippen LogP contribution < -0.4 is 0 Å². The molecule has 0 aromatic heterocycles. The van der Waals surface area contributed by atoms with Crippen LogP contribution in [0.2, 0.25) is 0 Å². The Bertz CT molecular complexity index is 626. The number of aliphatic hydroxyl groups excluding tert-OH is 1. The van der Waals surface area contributed by atoms with Crippen molar-refractivity contribution >= 4 is 31.9 Å². The summed E-state index contributed by atoms with van der Waals surface area (Å²) in [4.78, 5) is 0. The first kappa shape index (κ1) is 14.7. The molecule has 0 fully saturated rings. The fourth-order valence-corrected chi connectivity index (χ4v) is 2.81. The van der Waals surface area contributed by atoms with E-state index in [0.29, 0.717) is 10.0 Å². The van der Waals surface area contributed by atoms with Crippen LogP contribution in [0.3, 0.4) is 0 Å². The second kappa shape index (κ2) is 5.73. The maximum absolute atomic E-state index is 13.2. The van der Waals surface area contributed by atoms with Gasteiger partial charge in [-0.25, -0.2) is 4.39 Å². The maximum atomic E-state index is 13.2. The number of benzene rings is 2. The van der Waals surface area contributed by atoms with Gasteiger partial charge in [0.05, 0.1) is 4.47 Å². The van der Waals surface area contributed by atoms with E-state index in [-0.39, 0.29) is 5.82 Å². The summed E-state index contributed by atoms with van der Waals surface area (Å²) in [5.74, 6) is -0.334. The molecule has 2 rings (SSSR count). The summed E-state index contributed by atoms with van der Waals surface area (Å²) in [6.07, 6.45) is -0.760. The van der Waals surface area contributed by atoms with Gasteiger partial charge in [-0.2, -0.15) is 0 Å². The molecule has 0 spiro atoms. The maximum Gasteiger partial charge on any atom is 0.137 e. The van der Waals surface area contributed by atoms with E-state index in [0.717, 1.165) is 21.2 Å². The highest BCUT2D eigenvalue weighted by Gasteiger charge is 2.15. The summed E-state index contributed by atoms with van der Waals surface area (Å²) in [5, 5.41) is 10.4. The van der Waals surface area contributed by atoms with Gasteiger partial charge >= 0.3 is 0 Å². The van der Waals surface area contributed by atoms with Gasteiger partial charge in [0.2, 0.25) is 0 Å². The van der Waals surface area contributed by atoms with Crippen molar-refractivity contribution in [2.24, 2.45) is 0 Å². The minimum atomic E-state index is -0.760. The second-order valence-corrected chi connectivity index (χ2v) is 6.24. The molecule has 2 aromatic rings. The van der Waals surface area contributed by atoms with Gasteiger partial charge in [0.1, 0.15) is 11.9 Å². The Morgan fingerprint density at radius 3 is 2.32 bits per heavy atom. The van der Waals surface area contributed by atoms with Gasteiger partial charge < -0.3 is 5.11 Å². The van der Waals surface area contributed by atoms with Crippen LogP contribution in [0.5, 0.6) is 0 Å². The first-order valence-corrected chi connectivity index (χ1v) is 7.38. The molecule has 0 saturated heterocycles. The van der Waals surface area contributed by atoms with Gasteiger partial charge in [-0.1, -0.05) is 28.1 Å². The number of rotatable bonds is 2. The predicted molar refractivity (Wildman–Crippen MR) is 81.8 cm³/mol. The van der Waals surface area contributed by atoms with E-state index in [1.54, 1.807) is 12.1 Å². The van der Waals surface area contributed by atoms with Crippen LogP contribution in [0.25, 0.3) is 0 Å². The van der Waals surface area contributed by atoms with Crippen LogP contribution in [-0.4, -0.2) is 5.11 Å². The Morgan fingerprint density at radius 2 is 1.68 bits per heavy atom. The normalized spacial score (nSPS) is 12.5. The van der Waals surface area contributed by atoms with Crippen LogP contribution in [0.15, 0.2) is 39.3 Å². The van der Waals surface area contributed by atoms with Crippen molar-refractivity contribution in [1.29, 1.82) is 0 Å². The van der Waals surface area contributed by atoms with Gasteiger partial charge in [-0.15, -0.1) is 0 Å². The third kappa shape index (κ3) is 3.07. The highest BCUT2D eigenvalue weighted by Crippen LogP contribution is 2.30. The molecule has 0 aliphatic carbocycles. The summed E-state index contributed by atoms with van der Waals surface area (Å²) < 4.78 is 14.6. The minimum absolute atomic E-state index is 0.334. The molecule has 100 valence electrons. The third-order valence-corrected chi connectivity index (χ3v) is 4.56. The molecule has 0 aliphatic rings. The average Bonchev–Trinajstić information content (AvgIpc) is 2.36. The predicted octanol–water partition coefficient (Wildman–Crippen LogP) is 5.05. The van der Waals surface area contributed by atoms with Crippen LogP contribution in [0, 0.1) is 19.7 Å². The molecular formula is C15H13Br2FO. The summed E-state index contributed by atoms with van der Waals surface area (Å²) in [6, 6.07) is 8.48. The number of halogens is 3. The molecule has 0 amide bonds. The summed E-state index contributed by atoms with van der Waals surface area (Å²) >= 11 is 6.61. The van der Waals surface area contributed by atoms with Crippen molar-refractivity contribution in [3.63, 3.8) is 0 Å². The average molecular weight is 388 g/mol. The quantitative estimate of drug-likeness (QED) is 0.764. The molecule has 1 nitrogen and oxygen atoms in total. The first-order valence-electron chi connectivity index (χ1n) is 5.80. The van der Waals surface area contributed by atoms with E-state index in [1.807, 2.05) is 26.0 Å². The van der Waals surface area contributed by atoms with Crippen molar-refractivity contribution in [2.75, 3.05) is 0 Å². The minimum Gasteiger partial charge on any atom is -0.384 e. The monoisotopic (exact) mass is 386 g/mol. The number of hydrogen-bond acceptors (Lipinski definition) is 1. The van der Waals surface area contributed by atoms with Crippen LogP contribution in [-0.2, 0) is 0 Å². The van der Waals surface area contributed by atoms with Crippen molar-refractivity contribution in [1.82, 2.24) is 0 Å². The van der Waals surface area contributed by atoms with E-state index in [9.17, 15) is 9.50 Å². The lowest BCUT2D eigenvalue weighted by Crippen LogP contribution is -2.03. The Kier molecular flexibility index (Phi) is 4.43. The Morgan fingerprint density at radius 1 is 1.00 bits per heavy atom. The Labute approximate surface area is 128 Å². The second-order valence-electron chi connectivity index (χ2n) is 4.53. The largest absolute Gasteiger partial charge is 0.384 e. The van der Waals surface area contributed by atoms with E-state index in [1.165, 1.54) is 6.07 Å². The van der Waals surface area contributed by atoms with E-state index in [4.69, 9.17) is 0 Å². The SMILES string of the molecule is Cc1cc(C(O)c2ccc(F)c(Br)c2)c(C)cc1Br. The molecule has 19 heavy (non-hydrogen) atoms. The van der Waals surface area contributed by atoms with Gasteiger partial charge in [0.25, 0.3) is 0 Å². The molecule has 2 aromatic carbocycles. The zero-order chi connectivity index (χ0) is 14.2. The Balaban J connectivity index is 2.46. The van der Waals surface area contributed by atoms with Crippen LogP contribution in [0.4, 0.5) is 4.39 Å². The van der Waals surface area contributed by atoms with Crippen molar-refractivity contribution in [3.8, 4) is 0 Å². The molecule has 0 aliphatic heterocycles. The summed E-state index contributed by atoms with van der Waals surface area (Å²) in [7, 11) is 0. The molecule has 4 heteroatoms. The van der Waals surface area contributed by atoms with E-state index >= 15 is 0 Å². The highest BCUT2D eigenvalue weighted by atomic mass is 79.9. The zero-order valence-corrected chi connectivity index (χ0v) is 13.7. The topological polar surface area (TPSA) is 20.2 Å². The van der Waals surface area contributed by atoms with Gasteiger partial charge in [0, 0.05) is 4.47 Å². The zero-order valence-electron chi connectivity index (χ0n) is 10.5. The van der Waals surface area contributed by atoms with Gasteiger partial charge in [-0.3, -0.25) is 0 Å². The smallest absolute Gasteiger partial charge is 0.137 e. The summed E-state index contributed by atoms with van der Waals surface area (Å²) in [5.41, 5.74) is 3.54. The molecule has 1 N–H and O–H groups in total.